The number of likely N-dealkylation sites (N-methyl/N-ethyl adjacent to an activating group) is 1. The average Bonchev–Trinajstić information content (AvgIpc) is 3.85. The largest absolute Gasteiger partial charge is 0.379 e. The first-order chi connectivity index (χ1) is 25.6. The molecule has 1 aliphatic heterocycles. The Balaban J connectivity index is 1.75. The molecule has 54 heavy (non-hydrogen) atoms. The summed E-state index contributed by atoms with van der Waals surface area (Å²) in [6.07, 6.45) is 3.05. The zero-order chi connectivity index (χ0) is 40.1. The van der Waals surface area contributed by atoms with E-state index >= 15 is 0 Å². The van der Waals surface area contributed by atoms with E-state index in [-0.39, 0.29) is 54.1 Å². The number of rotatable bonds is 23. The van der Waals surface area contributed by atoms with E-state index in [1.165, 1.54) is 11.3 Å². The highest BCUT2D eigenvalue weighted by molar-refractivity contribution is 7.09. The minimum absolute atomic E-state index is 0.0641. The number of nitrogens with zero attached hydrogens (tertiary/aromatic N) is 3. The van der Waals surface area contributed by atoms with E-state index in [2.05, 4.69) is 20.9 Å². The van der Waals surface area contributed by atoms with Crippen molar-refractivity contribution in [3.8, 4) is 0 Å². The molecule has 2 heterocycles. The van der Waals surface area contributed by atoms with Gasteiger partial charge in [0, 0.05) is 43.2 Å². The van der Waals surface area contributed by atoms with E-state index in [0.29, 0.717) is 19.4 Å². The minimum atomic E-state index is -1.00. The first-order valence-electron chi connectivity index (χ1n) is 19.7. The number of thiazole rings is 1. The maximum Gasteiger partial charge on any atom is 0.237 e. The van der Waals surface area contributed by atoms with Crippen molar-refractivity contribution in [1.82, 2.24) is 30.7 Å². The number of aliphatic hydroxyl groups excluding tert-OH is 2. The summed E-state index contributed by atoms with van der Waals surface area (Å²) in [7, 11) is 5.40. The average molecular weight is 773 g/mol. The van der Waals surface area contributed by atoms with Crippen LogP contribution in [-0.4, -0.2) is 114 Å². The Kier molecular flexibility index (Phi) is 18.7. The van der Waals surface area contributed by atoms with Gasteiger partial charge in [0.25, 0.3) is 0 Å². The maximum atomic E-state index is 13.9. The Morgan fingerprint density at radius 3 is 2.28 bits per heavy atom. The van der Waals surface area contributed by atoms with Gasteiger partial charge >= 0.3 is 0 Å². The van der Waals surface area contributed by atoms with Gasteiger partial charge in [-0.2, -0.15) is 0 Å². The zero-order valence-corrected chi connectivity index (χ0v) is 35.0. The highest BCUT2D eigenvalue weighted by atomic mass is 32.1. The highest BCUT2D eigenvalue weighted by Crippen LogP contribution is 2.31. The van der Waals surface area contributed by atoms with Gasteiger partial charge in [0.1, 0.15) is 23.7 Å². The van der Waals surface area contributed by atoms with Crippen LogP contribution in [-0.2, 0) is 25.5 Å². The molecule has 1 aromatic heterocycles. The van der Waals surface area contributed by atoms with Gasteiger partial charge in [0.2, 0.25) is 11.8 Å². The molecule has 0 aliphatic carbocycles. The van der Waals surface area contributed by atoms with Crippen molar-refractivity contribution >= 4 is 29.4 Å². The molecule has 0 bridgehead atoms. The Morgan fingerprint density at radius 2 is 1.74 bits per heavy atom. The van der Waals surface area contributed by atoms with Crippen molar-refractivity contribution in [2.24, 2.45) is 29.6 Å². The number of nitrogens with one attached hydrogen (secondary N) is 3. The van der Waals surface area contributed by atoms with E-state index in [1.807, 2.05) is 108 Å². The van der Waals surface area contributed by atoms with Crippen LogP contribution in [0.3, 0.4) is 0 Å². The summed E-state index contributed by atoms with van der Waals surface area (Å²) in [4.78, 5) is 49.0. The van der Waals surface area contributed by atoms with Gasteiger partial charge in [-0.3, -0.25) is 19.8 Å². The number of methoxy groups -OCH3 is 1. The summed E-state index contributed by atoms with van der Waals surface area (Å²) in [5, 5.41) is 35.2. The number of aldehydes is 1. The molecule has 5 N–H and O–H groups in total. The molecule has 2 aromatic rings. The minimum Gasteiger partial charge on any atom is -0.379 e. The lowest BCUT2D eigenvalue weighted by Crippen LogP contribution is -2.60. The van der Waals surface area contributed by atoms with Crippen molar-refractivity contribution in [1.29, 1.82) is 0 Å². The first-order valence-corrected chi connectivity index (χ1v) is 20.6. The van der Waals surface area contributed by atoms with Gasteiger partial charge in [0.15, 0.2) is 0 Å². The number of likely N-dealkylation sites (tertiary alicyclic amines) is 1. The normalized spacial score (nSPS) is 20.8. The highest BCUT2D eigenvalue weighted by Gasteiger charge is 2.42. The van der Waals surface area contributed by atoms with E-state index in [4.69, 9.17) is 4.74 Å². The van der Waals surface area contributed by atoms with E-state index in [0.717, 1.165) is 29.7 Å². The molecule has 1 aromatic carbocycles. The summed E-state index contributed by atoms with van der Waals surface area (Å²) in [5.41, 5.74) is 1.09. The molecule has 1 fully saturated rings. The lowest BCUT2D eigenvalue weighted by molar-refractivity contribution is -0.134. The molecule has 3 rings (SSSR count). The number of benzene rings is 1. The van der Waals surface area contributed by atoms with Gasteiger partial charge in [-0.15, -0.1) is 11.3 Å². The molecule has 0 spiro atoms. The summed E-state index contributed by atoms with van der Waals surface area (Å²) < 4.78 is 6.02. The molecular formula is C41H68N6O6S. The topological polar surface area (TPSA) is 156 Å². The molecule has 13 heteroatoms. The zero-order valence-electron chi connectivity index (χ0n) is 34.1. The Labute approximate surface area is 327 Å². The maximum absolute atomic E-state index is 13.9. The van der Waals surface area contributed by atoms with E-state index in [9.17, 15) is 24.6 Å². The molecule has 12 nitrogen and oxygen atoms in total. The Bertz CT molecular complexity index is 1390. The lowest BCUT2D eigenvalue weighted by atomic mass is 9.85. The number of aliphatic hydroxyl groups is 2. The summed E-state index contributed by atoms with van der Waals surface area (Å²) >= 11 is 1.50. The predicted octanol–water partition coefficient (Wildman–Crippen LogP) is 4.23. The molecule has 1 saturated heterocycles. The van der Waals surface area contributed by atoms with Crippen LogP contribution < -0.4 is 16.0 Å². The van der Waals surface area contributed by atoms with Gasteiger partial charge in [-0.1, -0.05) is 85.2 Å². The van der Waals surface area contributed by atoms with Crippen LogP contribution >= 0.6 is 11.3 Å². The summed E-state index contributed by atoms with van der Waals surface area (Å²) in [6.45, 7) is 14.4. The molecule has 1 aliphatic rings. The van der Waals surface area contributed by atoms with Crippen LogP contribution in [0.4, 0.5) is 0 Å². The number of carbonyl (C=O) groups excluding carboxylic acids is 3. The van der Waals surface area contributed by atoms with Crippen LogP contribution in [0.5, 0.6) is 0 Å². The van der Waals surface area contributed by atoms with Crippen molar-refractivity contribution in [2.75, 3.05) is 27.7 Å². The molecule has 2 amide bonds. The number of ether oxygens (including phenoxy) is 1. The fourth-order valence-corrected chi connectivity index (χ4v) is 8.77. The van der Waals surface area contributed by atoms with Crippen LogP contribution in [0.1, 0.15) is 90.8 Å². The third kappa shape index (κ3) is 12.4. The predicted molar refractivity (Wildman–Crippen MR) is 214 cm³/mol. The van der Waals surface area contributed by atoms with Crippen LogP contribution in [0.2, 0.25) is 0 Å². The fourth-order valence-electron chi connectivity index (χ4n) is 8.08. The summed E-state index contributed by atoms with van der Waals surface area (Å²) in [5.74, 6) is -1.74. The third-order valence-corrected chi connectivity index (χ3v) is 12.1. The Hall–Kier alpha value is -2.78. The van der Waals surface area contributed by atoms with Crippen molar-refractivity contribution < 1.29 is 29.3 Å². The van der Waals surface area contributed by atoms with Crippen molar-refractivity contribution in [3.63, 3.8) is 0 Å². The van der Waals surface area contributed by atoms with Crippen LogP contribution in [0.25, 0.3) is 0 Å². The second-order valence-corrected chi connectivity index (χ2v) is 17.0. The van der Waals surface area contributed by atoms with Gasteiger partial charge in [-0.25, -0.2) is 4.98 Å². The smallest absolute Gasteiger partial charge is 0.237 e. The number of carbonyl (C=O) groups is 3. The summed E-state index contributed by atoms with van der Waals surface area (Å²) in [6, 6.07) is 7.98. The van der Waals surface area contributed by atoms with E-state index < -0.39 is 42.5 Å². The van der Waals surface area contributed by atoms with Gasteiger partial charge in [0.05, 0.1) is 30.1 Å². The molecule has 11 atom stereocenters. The van der Waals surface area contributed by atoms with Crippen LogP contribution in [0.15, 0.2) is 41.9 Å². The molecule has 0 radical (unpaired) electrons. The Morgan fingerprint density at radius 1 is 1.06 bits per heavy atom. The second-order valence-electron chi connectivity index (χ2n) is 16.0. The quantitative estimate of drug-likeness (QED) is 0.0819. The number of hydrogen-bond donors (Lipinski definition) is 5. The molecule has 304 valence electrons. The molecule has 8 unspecified atom stereocenters. The van der Waals surface area contributed by atoms with Crippen LogP contribution in [0, 0.1) is 29.6 Å². The van der Waals surface area contributed by atoms with Crippen molar-refractivity contribution in [3.05, 3.63) is 52.5 Å². The molecular weight excluding hydrogens is 705 g/mol. The monoisotopic (exact) mass is 772 g/mol. The SMILES string of the molecule is CC[C@H](C)C(NC(=O)[C@@H](NC(O)C(C(C)C)N(C)C)C(C)C)C(C=O)CC(O)N1CCC[C@H]1C(OC)C(C)C(=O)NC(Cc1ccccc1)c1nccs1. The van der Waals surface area contributed by atoms with Gasteiger partial charge < -0.3 is 35.3 Å². The number of amides is 2. The van der Waals surface area contributed by atoms with Gasteiger partial charge in [-0.05, 0) is 63.1 Å². The van der Waals surface area contributed by atoms with E-state index in [1.54, 1.807) is 13.3 Å². The van der Waals surface area contributed by atoms with Crippen molar-refractivity contribution in [2.45, 2.75) is 129 Å². The number of aromatic nitrogens is 1. The molecule has 0 saturated carbocycles. The fraction of sp³-hybridized carbons (Fsp3) is 0.707. The standard InChI is InChI=1S/C41H68N6O6S/c1-11-27(6)35(45-39(51)34(25(2)3)44-40(52)36(26(4)5)46(8)9)30(24-48)23-33(49)47-20-15-18-32(47)37(53-10)28(7)38(50)43-31(41-42-19-21-54-41)22-29-16-13-12-14-17-29/h12-14,16-17,19,21,24-28,30-37,40,44,49,52H,11,15,18,20,22-23H2,1-10H3,(H,43,50)(H,45,51)/t27-,28?,30?,31?,32-,33?,34-,35?,36?,37?,40?/m0/s1. The lowest BCUT2D eigenvalue weighted by Gasteiger charge is -2.39. The number of hydrogen-bond acceptors (Lipinski definition) is 11. The third-order valence-electron chi connectivity index (χ3n) is 11.2. The second kappa shape index (κ2) is 22.1. The first kappa shape index (κ1) is 45.6.